The van der Waals surface area contributed by atoms with Crippen molar-refractivity contribution in [1.82, 2.24) is 5.32 Å². The molecule has 1 N–H and O–H groups in total. The average Bonchev–Trinajstić information content (AvgIpc) is 2.45. The van der Waals surface area contributed by atoms with E-state index < -0.39 is 0 Å². The summed E-state index contributed by atoms with van der Waals surface area (Å²) in [7, 11) is 0. The molecule has 1 saturated heterocycles. The van der Waals surface area contributed by atoms with Gasteiger partial charge in [0, 0.05) is 23.6 Å². The Morgan fingerprint density at radius 3 is 3.00 bits per heavy atom. The van der Waals surface area contributed by atoms with Gasteiger partial charge in [-0.25, -0.2) is 0 Å². The molecule has 1 unspecified atom stereocenters. The Bertz CT molecular complexity index is 493. The molecule has 0 amide bonds. The summed E-state index contributed by atoms with van der Waals surface area (Å²) in [6, 6.07) is 8.83. The van der Waals surface area contributed by atoms with Crippen LogP contribution in [0.25, 0.3) is 0 Å². The number of anilines is 1. The summed E-state index contributed by atoms with van der Waals surface area (Å²) >= 11 is 3.43. The number of hydrogen-bond donors (Lipinski definition) is 1. The molecule has 0 aromatic heterocycles. The minimum atomic E-state index is 0.535. The Balaban J connectivity index is 2.07. The smallest absolute Gasteiger partial charge is 0.101 e. The molecule has 1 aliphatic rings. The molecular formula is C16H22BrN3. The molecule has 108 valence electrons. The van der Waals surface area contributed by atoms with Gasteiger partial charge >= 0.3 is 0 Å². The second-order valence-electron chi connectivity index (χ2n) is 5.79. The molecule has 0 saturated carbocycles. The van der Waals surface area contributed by atoms with E-state index in [2.05, 4.69) is 52.1 Å². The van der Waals surface area contributed by atoms with Crippen LogP contribution in [0.15, 0.2) is 22.7 Å². The fraction of sp³-hybridized carbons (Fsp3) is 0.562. The van der Waals surface area contributed by atoms with Crippen molar-refractivity contribution in [2.24, 2.45) is 5.92 Å². The van der Waals surface area contributed by atoms with Gasteiger partial charge in [-0.1, -0.05) is 29.8 Å². The summed E-state index contributed by atoms with van der Waals surface area (Å²) in [5, 5.41) is 12.8. The number of benzene rings is 1. The van der Waals surface area contributed by atoms with Crippen LogP contribution in [-0.4, -0.2) is 25.7 Å². The van der Waals surface area contributed by atoms with E-state index in [1.807, 2.05) is 12.1 Å². The van der Waals surface area contributed by atoms with E-state index in [0.29, 0.717) is 12.0 Å². The predicted octanol–water partition coefficient (Wildman–Crippen LogP) is 3.54. The number of nitrogens with one attached hydrogen (secondary N) is 1. The van der Waals surface area contributed by atoms with E-state index in [1.165, 1.54) is 12.8 Å². The van der Waals surface area contributed by atoms with E-state index in [0.717, 1.165) is 35.4 Å². The molecule has 1 aliphatic heterocycles. The number of piperidine rings is 1. The van der Waals surface area contributed by atoms with Gasteiger partial charge in [0.25, 0.3) is 0 Å². The zero-order chi connectivity index (χ0) is 14.5. The highest BCUT2D eigenvalue weighted by Gasteiger charge is 2.21. The third-order valence-electron chi connectivity index (χ3n) is 3.75. The maximum absolute atomic E-state index is 9.31. The molecule has 0 spiro atoms. The van der Waals surface area contributed by atoms with Crippen LogP contribution in [-0.2, 0) is 0 Å². The van der Waals surface area contributed by atoms with Crippen molar-refractivity contribution in [3.05, 3.63) is 28.2 Å². The first-order valence-corrected chi connectivity index (χ1v) is 8.07. The molecule has 1 heterocycles. The van der Waals surface area contributed by atoms with Gasteiger partial charge < -0.3 is 10.2 Å². The van der Waals surface area contributed by atoms with Gasteiger partial charge in [-0.2, -0.15) is 5.26 Å². The molecule has 0 aliphatic carbocycles. The van der Waals surface area contributed by atoms with E-state index in [4.69, 9.17) is 0 Å². The van der Waals surface area contributed by atoms with Crippen molar-refractivity contribution >= 4 is 21.6 Å². The molecule has 0 radical (unpaired) electrons. The topological polar surface area (TPSA) is 39.1 Å². The van der Waals surface area contributed by atoms with Crippen LogP contribution in [0.1, 0.15) is 32.3 Å². The normalized spacial score (nSPS) is 19.1. The highest BCUT2D eigenvalue weighted by atomic mass is 79.9. The Morgan fingerprint density at radius 2 is 2.30 bits per heavy atom. The van der Waals surface area contributed by atoms with Crippen LogP contribution in [0, 0.1) is 17.2 Å². The fourth-order valence-corrected chi connectivity index (χ4v) is 3.09. The highest BCUT2D eigenvalue weighted by Crippen LogP contribution is 2.28. The minimum absolute atomic E-state index is 0.535. The van der Waals surface area contributed by atoms with Crippen molar-refractivity contribution in [3.8, 4) is 6.07 Å². The Labute approximate surface area is 130 Å². The first-order valence-electron chi connectivity index (χ1n) is 7.28. The molecule has 3 nitrogen and oxygen atoms in total. The lowest BCUT2D eigenvalue weighted by molar-refractivity contribution is 0.379. The summed E-state index contributed by atoms with van der Waals surface area (Å²) < 4.78 is 0.966. The van der Waals surface area contributed by atoms with Crippen molar-refractivity contribution in [2.75, 3.05) is 24.5 Å². The van der Waals surface area contributed by atoms with E-state index >= 15 is 0 Å². The number of nitrogens with zero attached hydrogens (tertiary/aromatic N) is 2. The molecule has 0 bridgehead atoms. The van der Waals surface area contributed by atoms with Crippen LogP contribution in [0.3, 0.4) is 0 Å². The van der Waals surface area contributed by atoms with Gasteiger partial charge in [-0.05, 0) is 43.5 Å². The molecule has 2 rings (SSSR count). The monoisotopic (exact) mass is 335 g/mol. The Hall–Kier alpha value is -1.05. The summed E-state index contributed by atoms with van der Waals surface area (Å²) in [6.45, 7) is 7.52. The van der Waals surface area contributed by atoms with E-state index in [9.17, 15) is 5.26 Å². The average molecular weight is 336 g/mol. The second-order valence-corrected chi connectivity index (χ2v) is 6.71. The van der Waals surface area contributed by atoms with Gasteiger partial charge in [-0.15, -0.1) is 0 Å². The number of hydrogen-bond acceptors (Lipinski definition) is 3. The lowest BCUT2D eigenvalue weighted by Gasteiger charge is -2.35. The standard InChI is InChI=1S/C16H22BrN3/c1-12(2)19-10-13-4-3-7-20(11-13)16-6-5-15(17)8-14(16)9-18/h5-6,8,12-13,19H,3-4,7,10-11H2,1-2H3. The van der Waals surface area contributed by atoms with Crippen molar-refractivity contribution in [1.29, 1.82) is 5.26 Å². The molecule has 4 heteroatoms. The largest absolute Gasteiger partial charge is 0.370 e. The third-order valence-corrected chi connectivity index (χ3v) is 4.25. The van der Waals surface area contributed by atoms with E-state index in [1.54, 1.807) is 0 Å². The minimum Gasteiger partial charge on any atom is -0.370 e. The van der Waals surface area contributed by atoms with Crippen LogP contribution < -0.4 is 10.2 Å². The molecule has 1 atom stereocenters. The maximum atomic E-state index is 9.31. The first kappa shape index (κ1) is 15.3. The summed E-state index contributed by atoms with van der Waals surface area (Å²) in [4.78, 5) is 2.36. The third kappa shape index (κ3) is 3.97. The van der Waals surface area contributed by atoms with Gasteiger partial charge in [0.15, 0.2) is 0 Å². The summed E-state index contributed by atoms with van der Waals surface area (Å²) in [6.07, 6.45) is 2.47. The number of nitriles is 1. The van der Waals surface area contributed by atoms with Crippen molar-refractivity contribution in [3.63, 3.8) is 0 Å². The number of halogens is 1. The van der Waals surface area contributed by atoms with Crippen LogP contribution >= 0.6 is 15.9 Å². The van der Waals surface area contributed by atoms with Gasteiger partial charge in [0.2, 0.25) is 0 Å². The molecule has 1 aromatic rings. The fourth-order valence-electron chi connectivity index (χ4n) is 2.73. The Kier molecular flexibility index (Phi) is 5.45. The lowest BCUT2D eigenvalue weighted by Crippen LogP contribution is -2.41. The van der Waals surface area contributed by atoms with Gasteiger partial charge in [0.1, 0.15) is 6.07 Å². The zero-order valence-corrected chi connectivity index (χ0v) is 13.8. The SMILES string of the molecule is CC(C)NCC1CCCN(c2ccc(Br)cc2C#N)C1. The summed E-state index contributed by atoms with van der Waals surface area (Å²) in [5.74, 6) is 0.668. The first-order chi connectivity index (χ1) is 9.60. The van der Waals surface area contributed by atoms with Gasteiger partial charge in [-0.3, -0.25) is 0 Å². The quantitative estimate of drug-likeness (QED) is 0.914. The maximum Gasteiger partial charge on any atom is 0.101 e. The summed E-state index contributed by atoms with van der Waals surface area (Å²) in [5.41, 5.74) is 1.83. The van der Waals surface area contributed by atoms with Crippen molar-refractivity contribution < 1.29 is 0 Å². The Morgan fingerprint density at radius 1 is 1.50 bits per heavy atom. The van der Waals surface area contributed by atoms with E-state index in [-0.39, 0.29) is 0 Å². The molecular weight excluding hydrogens is 314 g/mol. The van der Waals surface area contributed by atoms with Crippen LogP contribution in [0.2, 0.25) is 0 Å². The van der Waals surface area contributed by atoms with Crippen molar-refractivity contribution in [2.45, 2.75) is 32.7 Å². The second kappa shape index (κ2) is 7.10. The lowest BCUT2D eigenvalue weighted by atomic mass is 9.96. The van der Waals surface area contributed by atoms with Gasteiger partial charge in [0.05, 0.1) is 11.3 Å². The van der Waals surface area contributed by atoms with Crippen LogP contribution in [0.5, 0.6) is 0 Å². The van der Waals surface area contributed by atoms with Crippen LogP contribution in [0.4, 0.5) is 5.69 Å². The number of rotatable bonds is 4. The highest BCUT2D eigenvalue weighted by molar-refractivity contribution is 9.10. The zero-order valence-electron chi connectivity index (χ0n) is 12.2. The molecule has 20 heavy (non-hydrogen) atoms. The molecule has 1 fully saturated rings. The predicted molar refractivity (Wildman–Crippen MR) is 86.9 cm³/mol. The molecule has 1 aromatic carbocycles.